The van der Waals surface area contributed by atoms with E-state index in [1.807, 2.05) is 31.2 Å². The Morgan fingerprint density at radius 3 is 2.45 bits per heavy atom. The number of halogens is 2. The van der Waals surface area contributed by atoms with Gasteiger partial charge in [0.15, 0.2) is 0 Å². The van der Waals surface area contributed by atoms with Crippen LogP contribution in [0, 0.1) is 18.6 Å². The van der Waals surface area contributed by atoms with Crippen LogP contribution in [0.5, 0.6) is 5.75 Å². The average Bonchev–Trinajstić information content (AvgIpc) is 3.10. The first-order valence-corrected chi connectivity index (χ1v) is 10.4. The molecule has 1 aromatic heterocycles. The highest BCUT2D eigenvalue weighted by Crippen LogP contribution is 2.36. The number of rotatable bonds is 6. The van der Waals surface area contributed by atoms with Crippen LogP contribution in [0.4, 0.5) is 8.78 Å². The Kier molecular flexibility index (Phi) is 6.18. The van der Waals surface area contributed by atoms with Crippen LogP contribution in [0.25, 0.3) is 21.8 Å². The van der Waals surface area contributed by atoms with Crippen molar-refractivity contribution >= 4 is 11.3 Å². The van der Waals surface area contributed by atoms with Gasteiger partial charge in [0.1, 0.15) is 29.0 Å². The van der Waals surface area contributed by atoms with Crippen molar-refractivity contribution in [3.05, 3.63) is 59.0 Å². The summed E-state index contributed by atoms with van der Waals surface area (Å²) in [4.78, 5) is 7.73. The van der Waals surface area contributed by atoms with Gasteiger partial charge in [-0.1, -0.05) is 6.07 Å². The second kappa shape index (κ2) is 8.98. The Bertz CT molecular complexity index is 949. The fourth-order valence-corrected chi connectivity index (χ4v) is 4.28. The number of thiazole rings is 1. The molecule has 0 saturated carbocycles. The SMILES string of the molecule is Cc1sc(-c2c(F)cccc2F)nc1-c1ccc(OCCN2CCOCC2)cc1. The third kappa shape index (κ3) is 4.63. The number of aromatic nitrogens is 1. The van der Waals surface area contributed by atoms with Crippen LogP contribution in [0.2, 0.25) is 0 Å². The lowest BCUT2D eigenvalue weighted by molar-refractivity contribution is 0.0322. The molecule has 1 saturated heterocycles. The standard InChI is InChI=1S/C22H22F2N2O2S/c1-15-21(25-22(29-15)20-18(23)3-2-4-19(20)24)16-5-7-17(8-6-16)28-14-11-26-9-12-27-13-10-26/h2-8H,9-14H2,1H3. The van der Waals surface area contributed by atoms with Gasteiger partial charge in [0.25, 0.3) is 0 Å². The van der Waals surface area contributed by atoms with E-state index in [4.69, 9.17) is 9.47 Å². The molecule has 1 aliphatic heterocycles. The van der Waals surface area contributed by atoms with Crippen molar-refractivity contribution in [1.29, 1.82) is 0 Å². The van der Waals surface area contributed by atoms with E-state index in [1.165, 1.54) is 29.5 Å². The molecule has 4 nitrogen and oxygen atoms in total. The molecule has 1 fully saturated rings. The summed E-state index contributed by atoms with van der Waals surface area (Å²) in [6, 6.07) is 11.5. The quantitative estimate of drug-likeness (QED) is 0.580. The highest BCUT2D eigenvalue weighted by molar-refractivity contribution is 7.15. The molecular weight excluding hydrogens is 394 g/mol. The van der Waals surface area contributed by atoms with Crippen LogP contribution < -0.4 is 4.74 Å². The van der Waals surface area contributed by atoms with Crippen LogP contribution >= 0.6 is 11.3 Å². The Morgan fingerprint density at radius 1 is 1.07 bits per heavy atom. The van der Waals surface area contributed by atoms with Gasteiger partial charge < -0.3 is 9.47 Å². The Balaban J connectivity index is 1.44. The van der Waals surface area contributed by atoms with Crippen molar-refractivity contribution in [2.45, 2.75) is 6.92 Å². The van der Waals surface area contributed by atoms with Gasteiger partial charge in [-0.25, -0.2) is 13.8 Å². The highest BCUT2D eigenvalue weighted by Gasteiger charge is 2.18. The van der Waals surface area contributed by atoms with Crippen molar-refractivity contribution in [3.8, 4) is 27.6 Å². The zero-order valence-corrected chi connectivity index (χ0v) is 17.0. The molecule has 4 rings (SSSR count). The topological polar surface area (TPSA) is 34.6 Å². The largest absolute Gasteiger partial charge is 0.492 e. The van der Waals surface area contributed by atoms with E-state index in [0.717, 1.165) is 54.7 Å². The lowest BCUT2D eigenvalue weighted by Gasteiger charge is -2.26. The van der Waals surface area contributed by atoms with E-state index in [-0.39, 0.29) is 5.56 Å². The van der Waals surface area contributed by atoms with Crippen molar-refractivity contribution in [2.24, 2.45) is 0 Å². The molecule has 2 aromatic carbocycles. The maximum Gasteiger partial charge on any atom is 0.136 e. The summed E-state index contributed by atoms with van der Waals surface area (Å²) in [5, 5.41) is 0.346. The van der Waals surface area contributed by atoms with Crippen LogP contribution in [0.15, 0.2) is 42.5 Å². The fourth-order valence-electron chi connectivity index (χ4n) is 3.30. The molecule has 7 heteroatoms. The molecule has 0 spiro atoms. The number of hydrogen-bond acceptors (Lipinski definition) is 5. The minimum Gasteiger partial charge on any atom is -0.492 e. The van der Waals surface area contributed by atoms with Gasteiger partial charge in [0.2, 0.25) is 0 Å². The van der Waals surface area contributed by atoms with E-state index in [0.29, 0.717) is 11.6 Å². The molecule has 0 aliphatic carbocycles. The highest BCUT2D eigenvalue weighted by atomic mass is 32.1. The van der Waals surface area contributed by atoms with Gasteiger partial charge in [0, 0.05) is 30.1 Å². The number of morpholine rings is 1. The summed E-state index contributed by atoms with van der Waals surface area (Å²) < 4.78 is 39.3. The minimum absolute atomic E-state index is 0.0742. The molecule has 0 radical (unpaired) electrons. The second-order valence-electron chi connectivity index (χ2n) is 6.85. The maximum absolute atomic E-state index is 14.1. The number of nitrogens with zero attached hydrogens (tertiary/aromatic N) is 2. The zero-order chi connectivity index (χ0) is 20.2. The van der Waals surface area contributed by atoms with Crippen molar-refractivity contribution in [2.75, 3.05) is 39.5 Å². The molecule has 0 N–H and O–H groups in total. The number of aryl methyl sites for hydroxylation is 1. The summed E-state index contributed by atoms with van der Waals surface area (Å²) in [5.41, 5.74) is 1.55. The van der Waals surface area contributed by atoms with Crippen molar-refractivity contribution in [3.63, 3.8) is 0 Å². The lowest BCUT2D eigenvalue weighted by Crippen LogP contribution is -2.38. The third-order valence-electron chi connectivity index (χ3n) is 4.88. The molecule has 1 aliphatic rings. The molecule has 152 valence electrons. The van der Waals surface area contributed by atoms with E-state index in [2.05, 4.69) is 9.88 Å². The Labute approximate surface area is 172 Å². The third-order valence-corrected chi connectivity index (χ3v) is 5.87. The molecular formula is C22H22F2N2O2S. The summed E-state index contributed by atoms with van der Waals surface area (Å²) in [7, 11) is 0. The van der Waals surface area contributed by atoms with E-state index < -0.39 is 11.6 Å². The number of ether oxygens (including phenoxy) is 2. The average molecular weight is 416 g/mol. The lowest BCUT2D eigenvalue weighted by atomic mass is 10.1. The maximum atomic E-state index is 14.1. The molecule has 0 amide bonds. The molecule has 3 aromatic rings. The molecule has 2 heterocycles. The van der Waals surface area contributed by atoms with E-state index in [1.54, 1.807) is 0 Å². The smallest absolute Gasteiger partial charge is 0.136 e. The number of hydrogen-bond donors (Lipinski definition) is 0. The Hall–Kier alpha value is -2.35. The molecule has 0 atom stereocenters. The minimum atomic E-state index is -0.602. The summed E-state index contributed by atoms with van der Waals surface area (Å²) in [6.45, 7) is 6.83. The number of benzene rings is 2. The van der Waals surface area contributed by atoms with Crippen LogP contribution in [-0.2, 0) is 4.74 Å². The molecule has 0 unspecified atom stereocenters. The van der Waals surface area contributed by atoms with E-state index in [9.17, 15) is 8.78 Å². The first-order valence-electron chi connectivity index (χ1n) is 9.57. The van der Waals surface area contributed by atoms with Crippen molar-refractivity contribution < 1.29 is 18.3 Å². The van der Waals surface area contributed by atoms with Crippen LogP contribution in [-0.4, -0.2) is 49.3 Å². The first-order chi connectivity index (χ1) is 14.1. The summed E-state index contributed by atoms with van der Waals surface area (Å²) in [5.74, 6) is -0.418. The molecule has 0 bridgehead atoms. The predicted octanol–water partition coefficient (Wildman–Crippen LogP) is 4.77. The van der Waals surface area contributed by atoms with Crippen LogP contribution in [0.1, 0.15) is 4.88 Å². The Morgan fingerprint density at radius 2 is 1.76 bits per heavy atom. The van der Waals surface area contributed by atoms with E-state index >= 15 is 0 Å². The fraction of sp³-hybridized carbons (Fsp3) is 0.318. The predicted molar refractivity (Wildman–Crippen MR) is 110 cm³/mol. The van der Waals surface area contributed by atoms with Gasteiger partial charge in [-0.05, 0) is 43.3 Å². The van der Waals surface area contributed by atoms with Gasteiger partial charge in [-0.3, -0.25) is 4.90 Å². The first kappa shape index (κ1) is 19.9. The summed E-state index contributed by atoms with van der Waals surface area (Å²) >= 11 is 1.29. The molecule has 29 heavy (non-hydrogen) atoms. The van der Waals surface area contributed by atoms with Crippen LogP contribution in [0.3, 0.4) is 0 Å². The van der Waals surface area contributed by atoms with Gasteiger partial charge in [-0.15, -0.1) is 11.3 Å². The van der Waals surface area contributed by atoms with Gasteiger partial charge in [0.05, 0.1) is 24.5 Å². The second-order valence-corrected chi connectivity index (χ2v) is 8.05. The monoisotopic (exact) mass is 416 g/mol. The van der Waals surface area contributed by atoms with Gasteiger partial charge in [-0.2, -0.15) is 0 Å². The van der Waals surface area contributed by atoms with Gasteiger partial charge >= 0.3 is 0 Å². The zero-order valence-electron chi connectivity index (χ0n) is 16.2. The summed E-state index contributed by atoms with van der Waals surface area (Å²) in [6.07, 6.45) is 0. The normalized spacial score (nSPS) is 14.9. The van der Waals surface area contributed by atoms with Crippen molar-refractivity contribution in [1.82, 2.24) is 9.88 Å².